The van der Waals surface area contributed by atoms with Crippen molar-refractivity contribution in [3.63, 3.8) is 0 Å². The lowest BCUT2D eigenvalue weighted by Gasteiger charge is -2.48. The molecule has 1 saturated carbocycles. The van der Waals surface area contributed by atoms with Crippen molar-refractivity contribution < 1.29 is 4.74 Å². The average Bonchev–Trinajstić information content (AvgIpc) is 2.75. The van der Waals surface area contributed by atoms with Crippen molar-refractivity contribution in [1.29, 1.82) is 0 Å². The fraction of sp³-hybridized carbons (Fsp3) is 0.867. The van der Waals surface area contributed by atoms with Crippen LogP contribution < -0.4 is 11.1 Å². The van der Waals surface area contributed by atoms with E-state index in [1.165, 1.54) is 32.1 Å². The molecule has 1 heterocycles. The van der Waals surface area contributed by atoms with Crippen molar-refractivity contribution in [2.24, 2.45) is 11.1 Å². The minimum Gasteiger partial charge on any atom is -0.381 e. The van der Waals surface area contributed by atoms with E-state index >= 15 is 0 Å². The van der Waals surface area contributed by atoms with Gasteiger partial charge >= 0.3 is 0 Å². The Kier molecular flexibility index (Phi) is 4.82. The lowest BCUT2D eigenvalue weighted by molar-refractivity contribution is -0.0248. The van der Waals surface area contributed by atoms with Crippen LogP contribution in [0.5, 0.6) is 0 Å². The first-order chi connectivity index (χ1) is 8.79. The van der Waals surface area contributed by atoms with Gasteiger partial charge in [0.25, 0.3) is 0 Å². The van der Waals surface area contributed by atoms with Crippen molar-refractivity contribution in [2.75, 3.05) is 26.3 Å². The molecule has 1 saturated heterocycles. The van der Waals surface area contributed by atoms with Crippen LogP contribution in [0.1, 0.15) is 45.4 Å². The molecule has 1 unspecified atom stereocenters. The summed E-state index contributed by atoms with van der Waals surface area (Å²) in [6, 6.07) is 0. The highest BCUT2D eigenvalue weighted by molar-refractivity contribution is 5.10. The first-order valence-corrected chi connectivity index (χ1v) is 7.43. The molecule has 1 atom stereocenters. The molecule has 1 aliphatic carbocycles. The molecule has 2 rings (SSSR count). The van der Waals surface area contributed by atoms with E-state index in [1.54, 1.807) is 0 Å². The molecule has 104 valence electrons. The molecule has 0 aromatic rings. The second-order valence-corrected chi connectivity index (χ2v) is 5.82. The average molecular weight is 252 g/mol. The number of hydrogen-bond donors (Lipinski definition) is 2. The number of nitrogens with one attached hydrogen (secondary N) is 1. The van der Waals surface area contributed by atoms with Gasteiger partial charge in [0.1, 0.15) is 0 Å². The molecule has 2 aliphatic rings. The van der Waals surface area contributed by atoms with E-state index in [1.807, 2.05) is 0 Å². The van der Waals surface area contributed by atoms with Crippen LogP contribution in [0.4, 0.5) is 0 Å². The number of rotatable bonds is 5. The quantitative estimate of drug-likeness (QED) is 0.582. The zero-order valence-corrected chi connectivity index (χ0v) is 11.7. The number of nitrogens with two attached hydrogens (primary N) is 1. The maximum absolute atomic E-state index is 6.17. The van der Waals surface area contributed by atoms with Crippen molar-refractivity contribution in [3.05, 3.63) is 12.2 Å². The summed E-state index contributed by atoms with van der Waals surface area (Å²) in [5, 5.41) is 3.81. The highest BCUT2D eigenvalue weighted by Crippen LogP contribution is 2.52. The lowest BCUT2D eigenvalue weighted by Crippen LogP contribution is -2.61. The van der Waals surface area contributed by atoms with Crippen LogP contribution in [0, 0.1) is 5.41 Å². The van der Waals surface area contributed by atoms with Crippen molar-refractivity contribution in [1.82, 2.24) is 5.32 Å². The van der Waals surface area contributed by atoms with Crippen LogP contribution >= 0.6 is 0 Å². The Labute approximate surface area is 111 Å². The van der Waals surface area contributed by atoms with Crippen molar-refractivity contribution in [2.45, 2.75) is 51.0 Å². The van der Waals surface area contributed by atoms with Crippen molar-refractivity contribution >= 4 is 0 Å². The molecule has 0 aromatic carbocycles. The molecular formula is C15H28N2O. The van der Waals surface area contributed by atoms with E-state index in [-0.39, 0.29) is 5.54 Å². The van der Waals surface area contributed by atoms with Gasteiger partial charge in [-0.3, -0.25) is 0 Å². The molecule has 0 aromatic heterocycles. The van der Waals surface area contributed by atoms with Gasteiger partial charge in [-0.25, -0.2) is 0 Å². The van der Waals surface area contributed by atoms with E-state index in [2.05, 4.69) is 24.4 Å². The molecule has 18 heavy (non-hydrogen) atoms. The fourth-order valence-corrected chi connectivity index (χ4v) is 3.95. The van der Waals surface area contributed by atoms with Gasteiger partial charge in [-0.2, -0.15) is 0 Å². The third-order valence-electron chi connectivity index (χ3n) is 5.08. The zero-order chi connectivity index (χ0) is 12.9. The smallest absolute Gasteiger partial charge is 0.0472 e. The normalized spacial score (nSPS) is 31.4. The molecule has 0 amide bonds. The monoisotopic (exact) mass is 252 g/mol. The topological polar surface area (TPSA) is 47.3 Å². The molecule has 0 bridgehead atoms. The molecule has 3 N–H and O–H groups in total. The predicted octanol–water partition coefficient (Wildman–Crippen LogP) is 2.22. The standard InChI is InChI=1S/C15H28N2O/c1-2-3-4-10-17-15(13-16)7-5-6-14(15)8-11-18-12-9-14/h2-3,17H,4-13,16H2,1H3/b3-2+. The van der Waals surface area contributed by atoms with Gasteiger partial charge in [-0.05, 0) is 51.0 Å². The van der Waals surface area contributed by atoms with Crippen LogP contribution in [0.3, 0.4) is 0 Å². The molecule has 3 nitrogen and oxygen atoms in total. The summed E-state index contributed by atoms with van der Waals surface area (Å²) in [5.41, 5.74) is 6.73. The Balaban J connectivity index is 2.03. The van der Waals surface area contributed by atoms with Gasteiger partial charge in [-0.15, -0.1) is 0 Å². The van der Waals surface area contributed by atoms with Gasteiger partial charge in [0.15, 0.2) is 0 Å². The van der Waals surface area contributed by atoms with E-state index in [4.69, 9.17) is 10.5 Å². The summed E-state index contributed by atoms with van der Waals surface area (Å²) >= 11 is 0. The van der Waals surface area contributed by atoms with Crippen LogP contribution in [0.15, 0.2) is 12.2 Å². The largest absolute Gasteiger partial charge is 0.381 e. The fourth-order valence-electron chi connectivity index (χ4n) is 3.95. The summed E-state index contributed by atoms with van der Waals surface area (Å²) in [6.07, 6.45) is 11.7. The van der Waals surface area contributed by atoms with Crippen LogP contribution in [0.2, 0.25) is 0 Å². The molecule has 3 heteroatoms. The Morgan fingerprint density at radius 2 is 2.00 bits per heavy atom. The highest BCUT2D eigenvalue weighted by atomic mass is 16.5. The Morgan fingerprint density at radius 3 is 2.67 bits per heavy atom. The van der Waals surface area contributed by atoms with Gasteiger partial charge < -0.3 is 15.8 Å². The number of ether oxygens (including phenoxy) is 1. The first kappa shape index (κ1) is 14.0. The van der Waals surface area contributed by atoms with E-state index in [9.17, 15) is 0 Å². The van der Waals surface area contributed by atoms with Crippen LogP contribution in [0.25, 0.3) is 0 Å². The zero-order valence-electron chi connectivity index (χ0n) is 11.7. The second-order valence-electron chi connectivity index (χ2n) is 5.82. The minimum atomic E-state index is 0.165. The third kappa shape index (κ3) is 2.49. The molecule has 0 radical (unpaired) electrons. The van der Waals surface area contributed by atoms with E-state index in [0.717, 1.165) is 32.7 Å². The summed E-state index contributed by atoms with van der Waals surface area (Å²) in [5.74, 6) is 0. The van der Waals surface area contributed by atoms with E-state index in [0.29, 0.717) is 5.41 Å². The summed E-state index contributed by atoms with van der Waals surface area (Å²) in [7, 11) is 0. The summed E-state index contributed by atoms with van der Waals surface area (Å²) in [6.45, 7) is 5.72. The Morgan fingerprint density at radius 1 is 1.22 bits per heavy atom. The number of allylic oxidation sites excluding steroid dienone is 1. The van der Waals surface area contributed by atoms with Crippen LogP contribution in [-0.2, 0) is 4.74 Å². The summed E-state index contributed by atoms with van der Waals surface area (Å²) in [4.78, 5) is 0. The van der Waals surface area contributed by atoms with Gasteiger partial charge in [0, 0.05) is 25.3 Å². The van der Waals surface area contributed by atoms with Crippen molar-refractivity contribution in [3.8, 4) is 0 Å². The predicted molar refractivity (Wildman–Crippen MR) is 75.6 cm³/mol. The molecular weight excluding hydrogens is 224 g/mol. The molecule has 1 aliphatic heterocycles. The minimum absolute atomic E-state index is 0.165. The maximum Gasteiger partial charge on any atom is 0.0472 e. The SMILES string of the molecule is C/C=C/CCNC1(CN)CCCC12CCOCC2. The highest BCUT2D eigenvalue weighted by Gasteiger charge is 2.53. The summed E-state index contributed by atoms with van der Waals surface area (Å²) < 4.78 is 5.56. The Hall–Kier alpha value is -0.380. The second kappa shape index (κ2) is 6.18. The molecule has 1 spiro atoms. The lowest BCUT2D eigenvalue weighted by atomic mass is 9.66. The maximum atomic E-state index is 6.17. The molecule has 2 fully saturated rings. The van der Waals surface area contributed by atoms with Gasteiger partial charge in [0.2, 0.25) is 0 Å². The number of hydrogen-bond acceptors (Lipinski definition) is 3. The Bertz CT molecular complexity index is 284. The van der Waals surface area contributed by atoms with Crippen LogP contribution in [-0.4, -0.2) is 31.8 Å². The first-order valence-electron chi connectivity index (χ1n) is 7.43. The third-order valence-corrected chi connectivity index (χ3v) is 5.08. The van der Waals surface area contributed by atoms with Gasteiger partial charge in [0.05, 0.1) is 0 Å². The van der Waals surface area contributed by atoms with E-state index < -0.39 is 0 Å². The van der Waals surface area contributed by atoms with Gasteiger partial charge in [-0.1, -0.05) is 18.6 Å².